The molecule has 1 fully saturated rings. The number of piperazine rings is 1. The summed E-state index contributed by atoms with van der Waals surface area (Å²) in [6, 6.07) is 15.6. The summed E-state index contributed by atoms with van der Waals surface area (Å²) in [5.74, 6) is -0.200. The maximum absolute atomic E-state index is 13.4. The van der Waals surface area contributed by atoms with Crippen LogP contribution in [-0.2, 0) is 23.3 Å². The van der Waals surface area contributed by atoms with E-state index in [1.807, 2.05) is 12.1 Å². The van der Waals surface area contributed by atoms with Crippen molar-refractivity contribution in [2.75, 3.05) is 26.2 Å². The number of benzene rings is 2. The SMILES string of the molecule is Cc1cc(-c2ccc(C(=O)N3CCN(S(=O)(=O)[N+]4([O-])Cc5ccc(Cl)cc5C4)CC3)cc2)cc[n+]1[O-]. The highest BCUT2D eigenvalue weighted by Crippen LogP contribution is 2.35. The first-order valence-electron chi connectivity index (χ1n) is 11.5. The van der Waals surface area contributed by atoms with Crippen LogP contribution in [-0.4, -0.2) is 53.8 Å². The highest BCUT2D eigenvalue weighted by atomic mass is 35.5. The number of rotatable bonds is 4. The molecule has 0 bridgehead atoms. The van der Waals surface area contributed by atoms with Gasteiger partial charge in [-0.2, -0.15) is 17.5 Å². The van der Waals surface area contributed by atoms with Crippen LogP contribution >= 0.6 is 11.6 Å². The van der Waals surface area contributed by atoms with E-state index in [0.29, 0.717) is 27.4 Å². The number of pyridine rings is 1. The van der Waals surface area contributed by atoms with Gasteiger partial charge in [0.05, 0.1) is 0 Å². The summed E-state index contributed by atoms with van der Waals surface area (Å²) >= 11 is 6.01. The van der Waals surface area contributed by atoms with Crippen molar-refractivity contribution in [3.63, 3.8) is 0 Å². The molecule has 3 heterocycles. The highest BCUT2D eigenvalue weighted by molar-refractivity contribution is 7.83. The Morgan fingerprint density at radius 1 is 0.944 bits per heavy atom. The van der Waals surface area contributed by atoms with Crippen LogP contribution in [0.25, 0.3) is 11.1 Å². The quantitative estimate of drug-likeness (QED) is 0.294. The molecule has 0 spiro atoms. The number of aryl methyl sites for hydroxylation is 1. The van der Waals surface area contributed by atoms with E-state index >= 15 is 0 Å². The molecule has 1 aromatic heterocycles. The summed E-state index contributed by atoms with van der Waals surface area (Å²) in [5.41, 5.74) is 4.15. The van der Waals surface area contributed by atoms with E-state index < -0.39 is 14.3 Å². The first kappa shape index (κ1) is 24.7. The van der Waals surface area contributed by atoms with Crippen molar-refractivity contribution >= 4 is 27.7 Å². The minimum Gasteiger partial charge on any atom is -0.619 e. The Balaban J connectivity index is 1.24. The van der Waals surface area contributed by atoms with Crippen LogP contribution < -0.4 is 4.73 Å². The van der Waals surface area contributed by atoms with Crippen LogP contribution in [0.4, 0.5) is 0 Å². The third kappa shape index (κ3) is 4.35. The van der Waals surface area contributed by atoms with Crippen molar-refractivity contribution in [1.82, 2.24) is 9.21 Å². The van der Waals surface area contributed by atoms with Crippen LogP contribution in [0.3, 0.4) is 0 Å². The first-order valence-corrected chi connectivity index (χ1v) is 13.3. The maximum Gasteiger partial charge on any atom is 0.373 e. The average Bonchev–Trinajstić information content (AvgIpc) is 3.22. The van der Waals surface area contributed by atoms with Crippen LogP contribution in [0, 0.1) is 17.3 Å². The van der Waals surface area contributed by atoms with Gasteiger partial charge in [0.15, 0.2) is 11.9 Å². The van der Waals surface area contributed by atoms with Gasteiger partial charge in [0, 0.05) is 66.9 Å². The summed E-state index contributed by atoms with van der Waals surface area (Å²) in [6.45, 7) is 1.90. The van der Waals surface area contributed by atoms with Gasteiger partial charge in [-0.1, -0.05) is 29.8 Å². The molecule has 1 atom stereocenters. The summed E-state index contributed by atoms with van der Waals surface area (Å²) in [7, 11) is -4.19. The largest absolute Gasteiger partial charge is 0.619 e. The van der Waals surface area contributed by atoms with Crippen molar-refractivity contribution in [2.24, 2.45) is 0 Å². The summed E-state index contributed by atoms with van der Waals surface area (Å²) < 4.78 is 27.1. The Morgan fingerprint density at radius 2 is 1.61 bits per heavy atom. The van der Waals surface area contributed by atoms with Gasteiger partial charge in [0.25, 0.3) is 5.91 Å². The Labute approximate surface area is 214 Å². The number of quaternary nitrogens is 1. The van der Waals surface area contributed by atoms with Gasteiger partial charge in [0.1, 0.15) is 13.1 Å². The fourth-order valence-electron chi connectivity index (χ4n) is 4.74. The lowest BCUT2D eigenvalue weighted by Gasteiger charge is -2.42. The van der Waals surface area contributed by atoms with Crippen LogP contribution in [0.15, 0.2) is 60.8 Å². The molecule has 3 aromatic rings. The number of fused-ring (bicyclic) bond motifs is 1. The summed E-state index contributed by atoms with van der Waals surface area (Å²) in [5, 5.41) is 25.4. The van der Waals surface area contributed by atoms with Crippen molar-refractivity contribution in [1.29, 1.82) is 0 Å². The van der Waals surface area contributed by atoms with Gasteiger partial charge in [0.2, 0.25) is 0 Å². The van der Waals surface area contributed by atoms with E-state index in [2.05, 4.69) is 0 Å². The standard InChI is InChI=1S/C25H25ClN4O5S/c1-18-14-21(8-9-29(18)32)19-2-4-20(5-3-19)25(31)27-10-12-28(13-11-27)36(34,35)30(33)16-22-6-7-24(26)15-23(22)17-30/h2-9,14-15H,10-13,16-17H2,1H3. The van der Waals surface area contributed by atoms with E-state index in [1.165, 1.54) is 10.5 Å². The highest BCUT2D eigenvalue weighted by Gasteiger charge is 2.45. The monoisotopic (exact) mass is 528 g/mol. The Bertz CT molecular complexity index is 1440. The summed E-state index contributed by atoms with van der Waals surface area (Å²) in [4.78, 5) is 14.6. The minimum atomic E-state index is -4.19. The normalized spacial score (nSPS) is 20.4. The van der Waals surface area contributed by atoms with E-state index in [-0.39, 0.29) is 45.2 Å². The van der Waals surface area contributed by atoms with E-state index in [1.54, 1.807) is 54.3 Å². The molecule has 188 valence electrons. The van der Waals surface area contributed by atoms with Gasteiger partial charge in [-0.15, -0.1) is 0 Å². The zero-order valence-corrected chi connectivity index (χ0v) is 21.2. The molecule has 5 rings (SSSR count). The van der Waals surface area contributed by atoms with Gasteiger partial charge in [-0.05, 0) is 35.4 Å². The molecule has 0 saturated carbocycles. The zero-order chi connectivity index (χ0) is 25.7. The second-order valence-electron chi connectivity index (χ2n) is 9.17. The molecule has 0 radical (unpaired) electrons. The molecule has 11 heteroatoms. The van der Waals surface area contributed by atoms with Crippen LogP contribution in [0.1, 0.15) is 27.2 Å². The number of nitrogens with zero attached hydrogens (tertiary/aromatic N) is 4. The molecule has 0 aliphatic carbocycles. The Hall–Kier alpha value is -3.02. The Morgan fingerprint density at radius 3 is 2.28 bits per heavy atom. The van der Waals surface area contributed by atoms with Crippen LogP contribution in [0.2, 0.25) is 5.02 Å². The first-order chi connectivity index (χ1) is 17.1. The lowest BCUT2D eigenvalue weighted by Crippen LogP contribution is -2.57. The van der Waals surface area contributed by atoms with E-state index in [9.17, 15) is 23.6 Å². The average molecular weight is 529 g/mol. The van der Waals surface area contributed by atoms with Crippen LogP contribution in [0.5, 0.6) is 0 Å². The van der Waals surface area contributed by atoms with E-state index in [4.69, 9.17) is 11.6 Å². The topological polar surface area (TPSA) is 108 Å². The molecular weight excluding hydrogens is 504 g/mol. The van der Waals surface area contributed by atoms with E-state index in [0.717, 1.165) is 15.9 Å². The van der Waals surface area contributed by atoms with Gasteiger partial charge in [-0.25, -0.2) is 4.05 Å². The minimum absolute atomic E-state index is 0.0595. The third-order valence-corrected chi connectivity index (χ3v) is 9.18. The fourth-order valence-corrected chi connectivity index (χ4v) is 6.58. The number of carbonyl (C=O) groups excluding carboxylic acids is 1. The number of carbonyl (C=O) groups is 1. The smallest absolute Gasteiger partial charge is 0.373 e. The zero-order valence-electron chi connectivity index (χ0n) is 19.6. The molecule has 1 amide bonds. The predicted molar refractivity (Wildman–Crippen MR) is 134 cm³/mol. The number of hydrogen-bond donors (Lipinski definition) is 0. The molecule has 9 nitrogen and oxygen atoms in total. The number of amides is 1. The number of halogens is 1. The lowest BCUT2D eigenvalue weighted by atomic mass is 10.0. The molecule has 0 N–H and O–H groups in total. The second-order valence-corrected chi connectivity index (χ2v) is 11.7. The molecule has 1 unspecified atom stereocenters. The van der Waals surface area contributed by atoms with Crippen molar-refractivity contribution in [2.45, 2.75) is 20.0 Å². The van der Waals surface area contributed by atoms with Crippen molar-refractivity contribution in [3.05, 3.63) is 98.6 Å². The number of hydrogen-bond acceptors (Lipinski definition) is 5. The lowest BCUT2D eigenvalue weighted by molar-refractivity contribution is -0.776. The maximum atomic E-state index is 13.4. The number of aromatic nitrogens is 1. The second kappa shape index (κ2) is 9.13. The van der Waals surface area contributed by atoms with Crippen molar-refractivity contribution in [3.8, 4) is 11.1 Å². The predicted octanol–water partition coefficient (Wildman–Crippen LogP) is 2.98. The fraction of sp³-hybridized carbons (Fsp3) is 0.280. The molecule has 36 heavy (non-hydrogen) atoms. The molecular formula is C25H25ClN4O5S. The van der Waals surface area contributed by atoms with Gasteiger partial charge >= 0.3 is 10.2 Å². The van der Waals surface area contributed by atoms with Gasteiger partial charge in [-0.3, -0.25) is 4.79 Å². The van der Waals surface area contributed by atoms with Gasteiger partial charge < -0.3 is 15.3 Å². The summed E-state index contributed by atoms with van der Waals surface area (Å²) in [6.07, 6.45) is 1.45. The number of hydroxylamine groups is 2. The third-order valence-electron chi connectivity index (χ3n) is 6.83. The molecule has 1 saturated heterocycles. The molecule has 2 aliphatic rings. The van der Waals surface area contributed by atoms with Crippen molar-refractivity contribution < 1.29 is 22.0 Å². The molecule has 2 aromatic carbocycles. The molecule has 2 aliphatic heterocycles. The Kier molecular flexibility index (Phi) is 6.26.